The number of hydrogen-bond acceptors (Lipinski definition) is 7. The van der Waals surface area contributed by atoms with E-state index >= 15 is 0 Å². The van der Waals surface area contributed by atoms with Crippen LogP contribution in [0.2, 0.25) is 0 Å². The first-order chi connectivity index (χ1) is 12.5. The van der Waals surface area contributed by atoms with Gasteiger partial charge in [0.25, 0.3) is 5.91 Å². The third-order valence-electron chi connectivity index (χ3n) is 3.91. The summed E-state index contributed by atoms with van der Waals surface area (Å²) >= 11 is 3.85. The summed E-state index contributed by atoms with van der Waals surface area (Å²) in [5.74, 6) is 1.70. The predicted octanol–water partition coefficient (Wildman–Crippen LogP) is 2.03. The molecule has 2 fully saturated rings. The van der Waals surface area contributed by atoms with Crippen molar-refractivity contribution < 1.29 is 23.9 Å². The van der Waals surface area contributed by atoms with E-state index in [-0.39, 0.29) is 13.2 Å². The molecule has 0 unspecified atom stereocenters. The number of benzene rings is 1. The number of carbonyl (C=O) groups excluding carboxylic acids is 3. The molecule has 9 heteroatoms. The molecule has 1 atom stereocenters. The van der Waals surface area contributed by atoms with Crippen LogP contribution in [0.15, 0.2) is 24.3 Å². The smallest absolute Gasteiger partial charge is 0.344 e. The summed E-state index contributed by atoms with van der Waals surface area (Å²) in [6, 6.07) is 7.17. The van der Waals surface area contributed by atoms with Gasteiger partial charge in [-0.15, -0.1) is 23.5 Å². The molecule has 2 aliphatic heterocycles. The molecule has 1 aromatic rings. The van der Waals surface area contributed by atoms with Crippen LogP contribution in [0.1, 0.15) is 17.1 Å². The molecular weight excluding hydrogens is 376 g/mol. The first-order valence-corrected chi connectivity index (χ1v) is 10.4. The molecule has 2 heterocycles. The Morgan fingerprint density at radius 1 is 1.27 bits per heavy atom. The van der Waals surface area contributed by atoms with Gasteiger partial charge >= 0.3 is 12.0 Å². The first kappa shape index (κ1) is 18.9. The molecular formula is C17H20N2O5S2. The van der Waals surface area contributed by atoms with Crippen molar-refractivity contribution in [2.45, 2.75) is 17.6 Å². The molecule has 0 bridgehead atoms. The fraction of sp³-hybridized carbons (Fsp3) is 0.471. The topological polar surface area (TPSA) is 84.9 Å². The molecule has 0 aromatic heterocycles. The van der Waals surface area contributed by atoms with Gasteiger partial charge in [-0.25, -0.2) is 9.59 Å². The maximum atomic E-state index is 12.1. The van der Waals surface area contributed by atoms with Gasteiger partial charge in [0, 0.05) is 24.6 Å². The van der Waals surface area contributed by atoms with Gasteiger partial charge in [-0.05, 0) is 24.6 Å². The number of carbonyl (C=O) groups is 3. The second-order valence-corrected chi connectivity index (χ2v) is 8.51. The number of nitrogens with zero attached hydrogens (tertiary/aromatic N) is 1. The van der Waals surface area contributed by atoms with Crippen molar-refractivity contribution in [1.29, 1.82) is 0 Å². The van der Waals surface area contributed by atoms with Crippen LogP contribution in [0.25, 0.3) is 0 Å². The Bertz CT molecular complexity index is 676. The fourth-order valence-corrected chi connectivity index (χ4v) is 5.46. The molecule has 26 heavy (non-hydrogen) atoms. The Labute approximate surface area is 160 Å². The molecule has 0 spiro atoms. The lowest BCUT2D eigenvalue weighted by atomic mass is 10.2. The van der Waals surface area contributed by atoms with Crippen LogP contribution in [0.3, 0.4) is 0 Å². The van der Waals surface area contributed by atoms with Gasteiger partial charge in [0.15, 0.2) is 12.7 Å². The second-order valence-electron chi connectivity index (χ2n) is 5.79. The Kier molecular flexibility index (Phi) is 6.31. The quantitative estimate of drug-likeness (QED) is 0.737. The van der Waals surface area contributed by atoms with Gasteiger partial charge in [-0.3, -0.25) is 9.69 Å². The number of rotatable bonds is 6. The minimum Gasteiger partial charge on any atom is -0.482 e. The van der Waals surface area contributed by atoms with Crippen molar-refractivity contribution in [1.82, 2.24) is 10.2 Å². The fourth-order valence-electron chi connectivity index (χ4n) is 2.60. The zero-order chi connectivity index (χ0) is 18.5. The maximum Gasteiger partial charge on any atom is 0.344 e. The Morgan fingerprint density at radius 2 is 1.96 bits per heavy atom. The highest BCUT2D eigenvalue weighted by Gasteiger charge is 2.31. The van der Waals surface area contributed by atoms with E-state index in [1.807, 2.05) is 47.8 Å². The highest BCUT2D eigenvalue weighted by atomic mass is 32.2. The van der Waals surface area contributed by atoms with Gasteiger partial charge in [0.1, 0.15) is 5.75 Å². The number of ether oxygens (including phenoxy) is 2. The Hall–Kier alpha value is -1.87. The Balaban J connectivity index is 1.44. The highest BCUT2D eigenvalue weighted by molar-refractivity contribution is 8.19. The van der Waals surface area contributed by atoms with Crippen LogP contribution in [0.4, 0.5) is 4.79 Å². The highest BCUT2D eigenvalue weighted by Crippen LogP contribution is 2.45. The summed E-state index contributed by atoms with van der Waals surface area (Å²) in [6.07, 6.45) is -1.03. The first-order valence-electron chi connectivity index (χ1n) is 8.29. The zero-order valence-electron chi connectivity index (χ0n) is 14.3. The lowest BCUT2D eigenvalue weighted by Gasteiger charge is -2.18. The van der Waals surface area contributed by atoms with Crippen LogP contribution in [0, 0.1) is 0 Å². The van der Waals surface area contributed by atoms with E-state index in [1.54, 1.807) is 0 Å². The van der Waals surface area contributed by atoms with Crippen molar-refractivity contribution >= 4 is 41.4 Å². The van der Waals surface area contributed by atoms with Crippen LogP contribution in [-0.2, 0) is 14.3 Å². The summed E-state index contributed by atoms with van der Waals surface area (Å²) in [5, 5.41) is 2.53. The van der Waals surface area contributed by atoms with Crippen LogP contribution >= 0.6 is 23.5 Å². The van der Waals surface area contributed by atoms with E-state index < -0.39 is 24.0 Å². The third kappa shape index (κ3) is 4.64. The number of amides is 3. The van der Waals surface area contributed by atoms with Gasteiger partial charge in [0.05, 0.1) is 4.58 Å². The minimum atomic E-state index is -1.03. The molecule has 0 aliphatic carbocycles. The summed E-state index contributed by atoms with van der Waals surface area (Å²) in [5.41, 5.74) is 1.23. The molecule has 2 saturated heterocycles. The molecule has 3 amide bonds. The molecule has 7 nitrogen and oxygen atoms in total. The molecule has 0 radical (unpaired) electrons. The number of imide groups is 1. The molecule has 2 aliphatic rings. The average Bonchev–Trinajstić information content (AvgIpc) is 3.31. The van der Waals surface area contributed by atoms with E-state index in [9.17, 15) is 14.4 Å². The second kappa shape index (κ2) is 8.68. The monoisotopic (exact) mass is 396 g/mol. The third-order valence-corrected chi connectivity index (χ3v) is 7.01. The van der Waals surface area contributed by atoms with Crippen LogP contribution < -0.4 is 10.1 Å². The molecule has 0 saturated carbocycles. The van der Waals surface area contributed by atoms with Crippen molar-refractivity contribution in [2.24, 2.45) is 0 Å². The van der Waals surface area contributed by atoms with Gasteiger partial charge in [-0.1, -0.05) is 12.1 Å². The van der Waals surface area contributed by atoms with Crippen molar-refractivity contribution in [2.75, 3.05) is 31.2 Å². The average molecular weight is 396 g/mol. The predicted molar refractivity (Wildman–Crippen MR) is 100 cm³/mol. The summed E-state index contributed by atoms with van der Waals surface area (Å²) < 4.78 is 10.9. The molecule has 3 rings (SSSR count). The van der Waals surface area contributed by atoms with E-state index in [0.717, 1.165) is 16.4 Å². The lowest BCUT2D eigenvalue weighted by Crippen LogP contribution is -2.42. The summed E-state index contributed by atoms with van der Waals surface area (Å²) in [4.78, 5) is 36.5. The zero-order valence-corrected chi connectivity index (χ0v) is 15.9. The molecule has 1 N–H and O–H groups in total. The van der Waals surface area contributed by atoms with Crippen molar-refractivity contribution in [3.63, 3.8) is 0 Å². The molecule has 140 valence electrons. The largest absolute Gasteiger partial charge is 0.482 e. The number of nitrogens with one attached hydrogen (secondary N) is 1. The van der Waals surface area contributed by atoms with Crippen molar-refractivity contribution in [3.05, 3.63) is 29.8 Å². The van der Waals surface area contributed by atoms with E-state index in [4.69, 9.17) is 9.47 Å². The normalized spacial score (nSPS) is 18.5. The van der Waals surface area contributed by atoms with E-state index in [2.05, 4.69) is 5.32 Å². The minimum absolute atomic E-state index is 0.278. The molecule has 1 aromatic carbocycles. The van der Waals surface area contributed by atoms with Gasteiger partial charge < -0.3 is 14.8 Å². The number of urea groups is 1. The SMILES string of the molecule is C[C@@H](OC(=O)COc1ccc(C2SCCS2)cc1)C(=O)N1CCNC1=O. The van der Waals surface area contributed by atoms with Crippen LogP contribution in [-0.4, -0.2) is 60.1 Å². The standard InChI is InChI=1S/C17H20N2O5S2/c1-11(15(21)19-7-6-18-17(19)22)24-14(20)10-23-13-4-2-12(3-5-13)16-25-8-9-26-16/h2-5,11,16H,6-10H2,1H3,(H,18,22)/t11-/m1/s1. The summed E-state index contributed by atoms with van der Waals surface area (Å²) in [7, 11) is 0. The number of hydrogen-bond donors (Lipinski definition) is 1. The van der Waals surface area contributed by atoms with E-state index in [1.165, 1.54) is 12.5 Å². The number of thioether (sulfide) groups is 2. The maximum absolute atomic E-state index is 12.1. The van der Waals surface area contributed by atoms with E-state index in [0.29, 0.717) is 16.9 Å². The van der Waals surface area contributed by atoms with Crippen molar-refractivity contribution in [3.8, 4) is 5.75 Å². The van der Waals surface area contributed by atoms with Gasteiger partial charge in [-0.2, -0.15) is 0 Å². The lowest BCUT2D eigenvalue weighted by molar-refractivity contribution is -0.159. The summed E-state index contributed by atoms with van der Waals surface area (Å²) in [6.45, 7) is 1.83. The Morgan fingerprint density at radius 3 is 2.58 bits per heavy atom. The number of esters is 1. The van der Waals surface area contributed by atoms with Gasteiger partial charge in [0.2, 0.25) is 0 Å². The van der Waals surface area contributed by atoms with Crippen LogP contribution in [0.5, 0.6) is 5.75 Å².